The molecule has 122 valence electrons. The van der Waals surface area contributed by atoms with E-state index in [9.17, 15) is 14.9 Å². The Hall–Kier alpha value is -2.11. The lowest BCUT2D eigenvalue weighted by Gasteiger charge is -2.23. The van der Waals surface area contributed by atoms with E-state index in [1.54, 1.807) is 25.1 Å². The van der Waals surface area contributed by atoms with Gasteiger partial charge in [0, 0.05) is 24.1 Å². The maximum Gasteiger partial charge on any atom is 0.407 e. The summed E-state index contributed by atoms with van der Waals surface area (Å²) in [5, 5.41) is 13.8. The van der Waals surface area contributed by atoms with Crippen molar-refractivity contribution < 1.29 is 14.5 Å². The van der Waals surface area contributed by atoms with E-state index >= 15 is 0 Å². The Labute approximate surface area is 131 Å². The van der Waals surface area contributed by atoms with Crippen molar-refractivity contribution in [3.8, 4) is 0 Å². The van der Waals surface area contributed by atoms with Gasteiger partial charge in [0.1, 0.15) is 6.10 Å². The molecule has 0 saturated carbocycles. The number of carbonyl (C=O) groups is 1. The van der Waals surface area contributed by atoms with E-state index in [0.29, 0.717) is 12.1 Å². The predicted octanol–water partition coefficient (Wildman–Crippen LogP) is 3.86. The second-order valence-corrected chi connectivity index (χ2v) is 6.63. The average molecular weight is 308 g/mol. The minimum Gasteiger partial charge on any atom is -0.446 e. The molecule has 1 N–H and O–H groups in total. The quantitative estimate of drug-likeness (QED) is 0.661. The summed E-state index contributed by atoms with van der Waals surface area (Å²) in [6.07, 6.45) is -0.978. The van der Waals surface area contributed by atoms with Crippen molar-refractivity contribution in [2.24, 2.45) is 5.41 Å². The third-order valence-corrected chi connectivity index (χ3v) is 3.38. The Bertz CT molecular complexity index is 537. The molecule has 0 heterocycles. The Balaban J connectivity index is 2.71. The van der Waals surface area contributed by atoms with Gasteiger partial charge in [-0.25, -0.2) is 4.79 Å². The van der Waals surface area contributed by atoms with Gasteiger partial charge in [0.2, 0.25) is 0 Å². The highest BCUT2D eigenvalue weighted by Gasteiger charge is 2.25. The number of hydrogen-bond acceptors (Lipinski definition) is 4. The number of rotatable bonds is 5. The summed E-state index contributed by atoms with van der Waals surface area (Å²) in [5.41, 5.74) is 0.565. The minimum atomic E-state index is -0.507. The monoisotopic (exact) mass is 308 g/mol. The summed E-state index contributed by atoms with van der Waals surface area (Å²) in [6.45, 7) is 10.1. The number of nitro benzene ring substituents is 1. The average Bonchev–Trinajstić information content (AvgIpc) is 2.43. The summed E-state index contributed by atoms with van der Waals surface area (Å²) < 4.78 is 5.32. The van der Waals surface area contributed by atoms with Gasteiger partial charge in [-0.2, -0.15) is 0 Å². The molecular formula is C16H24N2O4. The minimum absolute atomic E-state index is 0.0356. The summed E-state index contributed by atoms with van der Waals surface area (Å²) in [5.74, 6) is -0.276. The Morgan fingerprint density at radius 3 is 2.45 bits per heavy atom. The van der Waals surface area contributed by atoms with Crippen LogP contribution in [0.15, 0.2) is 24.3 Å². The number of amides is 1. The van der Waals surface area contributed by atoms with Gasteiger partial charge in [-0.05, 0) is 12.3 Å². The zero-order chi connectivity index (χ0) is 16.9. The van der Waals surface area contributed by atoms with Crippen molar-refractivity contribution in [1.29, 1.82) is 0 Å². The number of hydrogen-bond donors (Lipinski definition) is 1. The summed E-state index contributed by atoms with van der Waals surface area (Å²) in [4.78, 5) is 22.4. The van der Waals surface area contributed by atoms with Crippen molar-refractivity contribution in [1.82, 2.24) is 5.32 Å². The molecule has 1 amide bonds. The molecule has 0 aliphatic carbocycles. The Kier molecular flexibility index (Phi) is 5.91. The number of nitrogens with one attached hydrogen (secondary N) is 1. The van der Waals surface area contributed by atoms with Gasteiger partial charge >= 0.3 is 6.09 Å². The molecule has 6 nitrogen and oxygen atoms in total. The molecule has 2 atom stereocenters. The first-order valence-corrected chi connectivity index (χ1v) is 7.29. The van der Waals surface area contributed by atoms with Crippen LogP contribution >= 0.6 is 0 Å². The lowest BCUT2D eigenvalue weighted by Crippen LogP contribution is -2.35. The molecule has 1 aromatic rings. The standard InChI is InChI=1S/C16H24N2O4/c1-11(13-8-6-7-9-14(13)18(20)21)12(2)22-15(19)17-10-16(3,4)5/h6-9,11-12H,10H2,1-5H3,(H,17,19). The molecule has 0 spiro atoms. The van der Waals surface area contributed by atoms with E-state index in [1.807, 2.05) is 27.7 Å². The molecule has 1 rings (SSSR count). The third-order valence-electron chi connectivity index (χ3n) is 3.38. The van der Waals surface area contributed by atoms with Crippen LogP contribution in [-0.4, -0.2) is 23.7 Å². The van der Waals surface area contributed by atoms with E-state index in [1.165, 1.54) is 6.07 Å². The topological polar surface area (TPSA) is 81.5 Å². The molecule has 0 aliphatic rings. The van der Waals surface area contributed by atoms with Crippen LogP contribution < -0.4 is 5.32 Å². The van der Waals surface area contributed by atoms with Gasteiger partial charge in [0.05, 0.1) is 4.92 Å². The third kappa shape index (κ3) is 5.35. The van der Waals surface area contributed by atoms with Gasteiger partial charge < -0.3 is 10.1 Å². The number of nitrogens with zero attached hydrogens (tertiary/aromatic N) is 1. The molecule has 0 aromatic heterocycles. The fourth-order valence-electron chi connectivity index (χ4n) is 1.94. The Morgan fingerprint density at radius 2 is 1.91 bits per heavy atom. The first kappa shape index (κ1) is 17.9. The normalized spacial score (nSPS) is 14.0. The van der Waals surface area contributed by atoms with E-state index in [2.05, 4.69) is 5.32 Å². The van der Waals surface area contributed by atoms with Crippen molar-refractivity contribution in [2.45, 2.75) is 46.6 Å². The number of alkyl carbamates (subject to hydrolysis) is 1. The van der Waals surface area contributed by atoms with E-state index in [4.69, 9.17) is 4.74 Å². The second-order valence-electron chi connectivity index (χ2n) is 6.63. The van der Waals surface area contributed by atoms with Gasteiger partial charge in [-0.3, -0.25) is 10.1 Å². The van der Waals surface area contributed by atoms with Crippen LogP contribution in [0.2, 0.25) is 0 Å². The van der Waals surface area contributed by atoms with Crippen LogP contribution in [0.5, 0.6) is 0 Å². The lowest BCUT2D eigenvalue weighted by atomic mass is 9.94. The number of carbonyl (C=O) groups excluding carboxylic acids is 1. The lowest BCUT2D eigenvalue weighted by molar-refractivity contribution is -0.385. The number of benzene rings is 1. The predicted molar refractivity (Wildman–Crippen MR) is 84.9 cm³/mol. The van der Waals surface area contributed by atoms with Gasteiger partial charge in [-0.1, -0.05) is 45.9 Å². The molecule has 2 unspecified atom stereocenters. The molecule has 0 fully saturated rings. The van der Waals surface area contributed by atoms with Crippen LogP contribution in [0.4, 0.5) is 10.5 Å². The summed E-state index contributed by atoms with van der Waals surface area (Å²) >= 11 is 0. The van der Waals surface area contributed by atoms with Gasteiger partial charge in [0.15, 0.2) is 0 Å². The molecular weight excluding hydrogens is 284 g/mol. The summed E-state index contributed by atoms with van der Waals surface area (Å²) in [6, 6.07) is 6.51. The first-order valence-electron chi connectivity index (χ1n) is 7.29. The van der Waals surface area contributed by atoms with Crippen molar-refractivity contribution >= 4 is 11.8 Å². The number of ether oxygens (including phenoxy) is 1. The molecule has 0 radical (unpaired) electrons. The molecule has 0 aliphatic heterocycles. The molecule has 6 heteroatoms. The first-order chi connectivity index (χ1) is 10.1. The molecule has 0 saturated heterocycles. The maximum absolute atomic E-state index is 11.8. The van der Waals surface area contributed by atoms with Gasteiger partial charge in [-0.15, -0.1) is 0 Å². The smallest absolute Gasteiger partial charge is 0.407 e. The van der Waals surface area contributed by atoms with E-state index in [-0.39, 0.29) is 17.0 Å². The van der Waals surface area contributed by atoms with Crippen LogP contribution in [-0.2, 0) is 4.74 Å². The fraction of sp³-hybridized carbons (Fsp3) is 0.562. The highest BCUT2D eigenvalue weighted by molar-refractivity contribution is 5.67. The van der Waals surface area contributed by atoms with Crippen LogP contribution in [0.25, 0.3) is 0 Å². The SMILES string of the molecule is CC(OC(=O)NCC(C)(C)C)C(C)c1ccccc1[N+](=O)[O-]. The Morgan fingerprint density at radius 1 is 1.32 bits per heavy atom. The molecule has 0 bridgehead atoms. The largest absolute Gasteiger partial charge is 0.446 e. The van der Waals surface area contributed by atoms with Crippen LogP contribution in [0, 0.1) is 15.5 Å². The highest BCUT2D eigenvalue weighted by atomic mass is 16.6. The second kappa shape index (κ2) is 7.24. The zero-order valence-electron chi connectivity index (χ0n) is 13.8. The number of nitro groups is 1. The fourth-order valence-corrected chi connectivity index (χ4v) is 1.94. The van der Waals surface area contributed by atoms with Crippen molar-refractivity contribution in [3.63, 3.8) is 0 Å². The zero-order valence-corrected chi connectivity index (χ0v) is 13.8. The van der Waals surface area contributed by atoms with Crippen molar-refractivity contribution in [2.75, 3.05) is 6.54 Å². The van der Waals surface area contributed by atoms with Crippen molar-refractivity contribution in [3.05, 3.63) is 39.9 Å². The molecule has 1 aromatic carbocycles. The van der Waals surface area contributed by atoms with Gasteiger partial charge in [0.25, 0.3) is 5.69 Å². The van der Waals surface area contributed by atoms with E-state index < -0.39 is 17.1 Å². The number of para-hydroxylation sites is 1. The van der Waals surface area contributed by atoms with Crippen LogP contribution in [0.1, 0.15) is 46.1 Å². The molecule has 22 heavy (non-hydrogen) atoms. The van der Waals surface area contributed by atoms with Crippen LogP contribution in [0.3, 0.4) is 0 Å². The van der Waals surface area contributed by atoms with E-state index in [0.717, 1.165) is 0 Å². The highest BCUT2D eigenvalue weighted by Crippen LogP contribution is 2.29. The maximum atomic E-state index is 11.8. The summed E-state index contributed by atoms with van der Waals surface area (Å²) in [7, 11) is 0.